The molecule has 1 atom stereocenters. The fourth-order valence-corrected chi connectivity index (χ4v) is 3.09. The van der Waals surface area contributed by atoms with Gasteiger partial charge in [-0.3, -0.25) is 4.79 Å². The molecule has 1 heteroatoms. The van der Waals surface area contributed by atoms with Gasteiger partial charge in [0.2, 0.25) is 0 Å². The molecule has 0 amide bonds. The van der Waals surface area contributed by atoms with Gasteiger partial charge < -0.3 is 0 Å². The third-order valence-corrected chi connectivity index (χ3v) is 4.68. The van der Waals surface area contributed by atoms with Gasteiger partial charge in [-0.25, -0.2) is 0 Å². The summed E-state index contributed by atoms with van der Waals surface area (Å²) < 4.78 is 0. The predicted octanol–water partition coefficient (Wildman–Crippen LogP) is 7.81. The summed E-state index contributed by atoms with van der Waals surface area (Å²) in [6.07, 6.45) is 22.9. The zero-order chi connectivity index (χ0) is 18.0. The first-order valence-electron chi connectivity index (χ1n) is 10.4. The van der Waals surface area contributed by atoms with Crippen LogP contribution >= 0.6 is 0 Å². The third kappa shape index (κ3) is 16.0. The molecule has 0 aliphatic rings. The van der Waals surface area contributed by atoms with E-state index in [4.69, 9.17) is 0 Å². The highest BCUT2D eigenvalue weighted by Gasteiger charge is 2.09. The number of carbonyl (C=O) groups excluding carboxylic acids is 1. The number of Topliss-reactive ketones (excluding diaryl/α,β-unsaturated/α-hetero) is 1. The Hall–Kier alpha value is -0.850. The van der Waals surface area contributed by atoms with E-state index in [-0.39, 0.29) is 11.7 Å². The first-order valence-corrected chi connectivity index (χ1v) is 10.4. The SMILES string of the molecule is C=C(C)CC(/C=C/CCCCCCCCCCCCCC)C(C)=O. The first-order chi connectivity index (χ1) is 11.6. The average molecular weight is 335 g/mol. The summed E-state index contributed by atoms with van der Waals surface area (Å²) in [5.74, 6) is 0.295. The van der Waals surface area contributed by atoms with Gasteiger partial charge in [-0.15, -0.1) is 6.58 Å². The minimum atomic E-state index is 0.0415. The second-order valence-corrected chi connectivity index (χ2v) is 7.48. The standard InChI is InChI=1S/C23H42O/c1-5-6-7-8-9-10-11-12-13-14-15-16-17-18-19-23(22(4)24)20-21(2)3/h18-19,23H,2,5-17,20H2,1,3-4H3/b19-18+. The van der Waals surface area contributed by atoms with Crippen molar-refractivity contribution < 1.29 is 4.79 Å². The number of rotatable bonds is 17. The lowest BCUT2D eigenvalue weighted by atomic mass is 9.96. The van der Waals surface area contributed by atoms with E-state index in [0.717, 1.165) is 18.4 Å². The normalized spacial score (nSPS) is 12.6. The van der Waals surface area contributed by atoms with Crippen molar-refractivity contribution in [1.82, 2.24) is 0 Å². The zero-order valence-corrected chi connectivity index (χ0v) is 16.7. The van der Waals surface area contributed by atoms with E-state index in [9.17, 15) is 4.79 Å². The average Bonchev–Trinajstić information content (AvgIpc) is 2.53. The molecule has 0 aliphatic carbocycles. The van der Waals surface area contributed by atoms with Gasteiger partial charge >= 0.3 is 0 Å². The molecule has 0 aromatic heterocycles. The Morgan fingerprint density at radius 2 is 1.29 bits per heavy atom. The molecule has 0 radical (unpaired) electrons. The molecule has 24 heavy (non-hydrogen) atoms. The van der Waals surface area contributed by atoms with E-state index in [1.165, 1.54) is 77.0 Å². The summed E-state index contributed by atoms with van der Waals surface area (Å²) in [5, 5.41) is 0. The molecular formula is C23H42O. The van der Waals surface area contributed by atoms with Gasteiger partial charge in [0.1, 0.15) is 5.78 Å². The summed E-state index contributed by atoms with van der Waals surface area (Å²) in [7, 11) is 0. The summed E-state index contributed by atoms with van der Waals surface area (Å²) in [6.45, 7) is 9.86. The van der Waals surface area contributed by atoms with E-state index in [1.54, 1.807) is 6.92 Å². The molecule has 0 bridgehead atoms. The summed E-state index contributed by atoms with van der Waals surface area (Å²) in [6, 6.07) is 0. The number of ketones is 1. The maximum Gasteiger partial charge on any atom is 0.136 e. The maximum absolute atomic E-state index is 11.6. The number of allylic oxidation sites excluding steroid dienone is 3. The molecule has 0 aliphatic heterocycles. The molecule has 0 heterocycles. The molecule has 0 aromatic rings. The van der Waals surface area contributed by atoms with Crippen molar-refractivity contribution in [2.24, 2.45) is 5.92 Å². The Morgan fingerprint density at radius 1 is 0.833 bits per heavy atom. The smallest absolute Gasteiger partial charge is 0.136 e. The molecule has 0 saturated carbocycles. The monoisotopic (exact) mass is 334 g/mol. The van der Waals surface area contributed by atoms with Crippen molar-refractivity contribution in [2.75, 3.05) is 0 Å². The first kappa shape index (κ1) is 23.1. The largest absolute Gasteiger partial charge is 0.299 e. The van der Waals surface area contributed by atoms with Crippen LogP contribution in [-0.4, -0.2) is 5.78 Å². The van der Waals surface area contributed by atoms with Crippen molar-refractivity contribution in [3.05, 3.63) is 24.3 Å². The molecule has 0 N–H and O–H groups in total. The van der Waals surface area contributed by atoms with E-state index >= 15 is 0 Å². The van der Waals surface area contributed by atoms with Gasteiger partial charge in [0, 0.05) is 5.92 Å². The van der Waals surface area contributed by atoms with Crippen LogP contribution in [0.4, 0.5) is 0 Å². The maximum atomic E-state index is 11.6. The van der Waals surface area contributed by atoms with Crippen LogP contribution in [0, 0.1) is 5.92 Å². The predicted molar refractivity (Wildman–Crippen MR) is 108 cm³/mol. The van der Waals surface area contributed by atoms with E-state index in [1.807, 2.05) is 6.92 Å². The van der Waals surface area contributed by atoms with Crippen LogP contribution in [-0.2, 0) is 4.79 Å². The highest BCUT2D eigenvalue weighted by Crippen LogP contribution is 2.15. The van der Waals surface area contributed by atoms with Crippen molar-refractivity contribution in [1.29, 1.82) is 0 Å². The van der Waals surface area contributed by atoms with Gasteiger partial charge in [-0.05, 0) is 33.1 Å². The van der Waals surface area contributed by atoms with E-state index in [0.29, 0.717) is 0 Å². The summed E-state index contributed by atoms with van der Waals surface area (Å²) in [5.41, 5.74) is 1.09. The molecule has 0 saturated heterocycles. The van der Waals surface area contributed by atoms with Gasteiger partial charge in [0.15, 0.2) is 0 Å². The Kier molecular flexibility index (Phi) is 16.4. The fourth-order valence-electron chi connectivity index (χ4n) is 3.09. The Morgan fingerprint density at radius 3 is 1.71 bits per heavy atom. The van der Waals surface area contributed by atoms with Crippen LogP contribution < -0.4 is 0 Å². The van der Waals surface area contributed by atoms with E-state index < -0.39 is 0 Å². The zero-order valence-electron chi connectivity index (χ0n) is 16.7. The lowest BCUT2D eigenvalue weighted by Gasteiger charge is -2.08. The van der Waals surface area contributed by atoms with E-state index in [2.05, 4.69) is 25.7 Å². The summed E-state index contributed by atoms with van der Waals surface area (Å²) in [4.78, 5) is 11.6. The molecule has 140 valence electrons. The Bertz CT molecular complexity index is 340. The van der Waals surface area contributed by atoms with Gasteiger partial charge in [-0.2, -0.15) is 0 Å². The summed E-state index contributed by atoms with van der Waals surface area (Å²) >= 11 is 0. The number of hydrogen-bond acceptors (Lipinski definition) is 1. The fraction of sp³-hybridized carbons (Fsp3) is 0.783. The van der Waals surface area contributed by atoms with Gasteiger partial charge in [-0.1, -0.05) is 95.3 Å². The van der Waals surface area contributed by atoms with Crippen molar-refractivity contribution in [2.45, 2.75) is 111 Å². The minimum absolute atomic E-state index is 0.0415. The quantitative estimate of drug-likeness (QED) is 0.196. The molecule has 0 aromatic carbocycles. The Balaban J connectivity index is 3.42. The molecule has 0 rings (SSSR count). The molecule has 0 fully saturated rings. The molecular weight excluding hydrogens is 292 g/mol. The second kappa shape index (κ2) is 17.0. The van der Waals surface area contributed by atoms with Crippen LogP contribution in [0.1, 0.15) is 111 Å². The molecule has 1 nitrogen and oxygen atoms in total. The van der Waals surface area contributed by atoms with Crippen molar-refractivity contribution in [3.63, 3.8) is 0 Å². The topological polar surface area (TPSA) is 17.1 Å². The van der Waals surface area contributed by atoms with Crippen LogP contribution in [0.25, 0.3) is 0 Å². The molecule has 0 spiro atoms. The van der Waals surface area contributed by atoms with Crippen LogP contribution in [0.15, 0.2) is 24.3 Å². The van der Waals surface area contributed by atoms with Gasteiger partial charge in [0.05, 0.1) is 0 Å². The van der Waals surface area contributed by atoms with Crippen molar-refractivity contribution >= 4 is 5.78 Å². The highest BCUT2D eigenvalue weighted by molar-refractivity contribution is 5.80. The minimum Gasteiger partial charge on any atom is -0.299 e. The lowest BCUT2D eigenvalue weighted by Crippen LogP contribution is -2.07. The second-order valence-electron chi connectivity index (χ2n) is 7.48. The lowest BCUT2D eigenvalue weighted by molar-refractivity contribution is -0.119. The number of hydrogen-bond donors (Lipinski definition) is 0. The highest BCUT2D eigenvalue weighted by atomic mass is 16.1. The van der Waals surface area contributed by atoms with Crippen molar-refractivity contribution in [3.8, 4) is 0 Å². The van der Waals surface area contributed by atoms with Crippen LogP contribution in [0.3, 0.4) is 0 Å². The Labute approximate surface area is 152 Å². The van der Waals surface area contributed by atoms with Crippen LogP contribution in [0.5, 0.6) is 0 Å². The van der Waals surface area contributed by atoms with Crippen LogP contribution in [0.2, 0.25) is 0 Å². The molecule has 1 unspecified atom stereocenters. The number of unbranched alkanes of at least 4 members (excludes halogenated alkanes) is 12. The van der Waals surface area contributed by atoms with Gasteiger partial charge in [0.25, 0.3) is 0 Å². The number of carbonyl (C=O) groups is 1. The third-order valence-electron chi connectivity index (χ3n) is 4.68.